The number of carbonyl (C=O) groups is 1. The number of hydrogen-bond donors (Lipinski definition) is 1. The lowest BCUT2D eigenvalue weighted by atomic mass is 10.1. The Bertz CT molecular complexity index is 998. The second kappa shape index (κ2) is 7.82. The Morgan fingerprint density at radius 2 is 2.14 bits per heavy atom. The zero-order valence-electron chi connectivity index (χ0n) is 15.4. The summed E-state index contributed by atoms with van der Waals surface area (Å²) in [5, 5.41) is 0. The summed E-state index contributed by atoms with van der Waals surface area (Å²) < 4.78 is 44.3. The molecule has 152 valence electrons. The zero-order valence-corrected chi connectivity index (χ0v) is 15.4. The van der Waals surface area contributed by atoms with E-state index in [9.17, 15) is 18.0 Å². The van der Waals surface area contributed by atoms with Crippen LogP contribution in [0.3, 0.4) is 0 Å². The summed E-state index contributed by atoms with van der Waals surface area (Å²) in [4.78, 5) is 24.9. The summed E-state index contributed by atoms with van der Waals surface area (Å²) in [7, 11) is 0. The number of carbonyl (C=O) groups excluding carboxylic acids is 1. The van der Waals surface area contributed by atoms with Crippen LogP contribution in [-0.2, 0) is 17.5 Å². The zero-order chi connectivity index (χ0) is 20.4. The van der Waals surface area contributed by atoms with Crippen molar-refractivity contribution in [3.63, 3.8) is 0 Å². The molecule has 0 bridgehead atoms. The number of nitrogens with zero attached hydrogens (tertiary/aromatic N) is 3. The third-order valence-corrected chi connectivity index (χ3v) is 4.81. The third-order valence-electron chi connectivity index (χ3n) is 4.81. The molecule has 1 aliphatic heterocycles. The summed E-state index contributed by atoms with van der Waals surface area (Å²) in [6.07, 6.45) is -1.18. The number of pyridine rings is 1. The van der Waals surface area contributed by atoms with Gasteiger partial charge in [0.25, 0.3) is 5.91 Å². The highest BCUT2D eigenvalue weighted by molar-refractivity contribution is 5.97. The molecule has 1 saturated heterocycles. The number of ether oxygens (including phenoxy) is 1. The highest BCUT2D eigenvalue weighted by Gasteiger charge is 2.35. The highest BCUT2D eigenvalue weighted by atomic mass is 19.4. The van der Waals surface area contributed by atoms with Crippen LogP contribution in [0.4, 0.5) is 13.2 Å². The molecule has 9 heteroatoms. The van der Waals surface area contributed by atoms with E-state index in [0.29, 0.717) is 13.2 Å². The van der Waals surface area contributed by atoms with Crippen LogP contribution in [0.2, 0.25) is 0 Å². The fourth-order valence-electron chi connectivity index (χ4n) is 3.40. The fourth-order valence-corrected chi connectivity index (χ4v) is 3.40. The van der Waals surface area contributed by atoms with Crippen LogP contribution >= 0.6 is 0 Å². The number of H-pyrrole nitrogens is 1. The lowest BCUT2D eigenvalue weighted by molar-refractivity contribution is -0.144. The van der Waals surface area contributed by atoms with Crippen LogP contribution in [0.1, 0.15) is 34.7 Å². The standard InChI is InChI=1S/C20H19F3N4O2/c21-20(22,23)19-25-16-7-6-13(10-17(16)26-19)18(28)27(12-15-5-3-9-29-15)11-14-4-1-2-8-24-14/h1-2,4,6-8,10,15H,3,5,9,11-12H2,(H,25,26)/t15-/m0/s1. The maximum atomic E-state index is 13.2. The molecule has 3 heterocycles. The van der Waals surface area contributed by atoms with Crippen molar-refractivity contribution < 1.29 is 22.7 Å². The van der Waals surface area contributed by atoms with E-state index in [1.807, 2.05) is 12.1 Å². The van der Waals surface area contributed by atoms with E-state index in [2.05, 4.69) is 15.0 Å². The summed E-state index contributed by atoms with van der Waals surface area (Å²) in [6.45, 7) is 1.34. The van der Waals surface area contributed by atoms with E-state index in [1.165, 1.54) is 18.2 Å². The average molecular weight is 404 g/mol. The molecule has 1 atom stereocenters. The van der Waals surface area contributed by atoms with Gasteiger partial charge in [-0.1, -0.05) is 6.07 Å². The molecule has 1 N–H and O–H groups in total. The Balaban J connectivity index is 1.61. The number of fused-ring (bicyclic) bond motifs is 1. The molecule has 0 radical (unpaired) electrons. The number of halogens is 3. The molecule has 0 spiro atoms. The molecule has 1 fully saturated rings. The maximum absolute atomic E-state index is 13.2. The number of rotatable bonds is 5. The molecule has 6 nitrogen and oxygen atoms in total. The topological polar surface area (TPSA) is 71.1 Å². The molecule has 0 unspecified atom stereocenters. The molecular weight excluding hydrogens is 385 g/mol. The van der Waals surface area contributed by atoms with Crippen LogP contribution in [0, 0.1) is 0 Å². The predicted molar refractivity (Wildman–Crippen MR) is 99.0 cm³/mol. The van der Waals surface area contributed by atoms with Gasteiger partial charge in [0.2, 0.25) is 5.82 Å². The van der Waals surface area contributed by atoms with E-state index in [-0.39, 0.29) is 35.2 Å². The van der Waals surface area contributed by atoms with Crippen molar-refractivity contribution >= 4 is 16.9 Å². The number of aromatic amines is 1. The average Bonchev–Trinajstić information content (AvgIpc) is 3.36. The molecule has 29 heavy (non-hydrogen) atoms. The summed E-state index contributed by atoms with van der Waals surface area (Å²) in [5.41, 5.74) is 1.33. The van der Waals surface area contributed by atoms with Gasteiger partial charge in [-0.15, -0.1) is 0 Å². The van der Waals surface area contributed by atoms with E-state index in [1.54, 1.807) is 17.2 Å². The molecule has 4 rings (SSSR count). The monoisotopic (exact) mass is 404 g/mol. The van der Waals surface area contributed by atoms with Crippen molar-refractivity contribution in [1.29, 1.82) is 0 Å². The van der Waals surface area contributed by atoms with Crippen LogP contribution < -0.4 is 0 Å². The first-order valence-corrected chi connectivity index (χ1v) is 9.28. The quantitative estimate of drug-likeness (QED) is 0.702. The second-order valence-electron chi connectivity index (χ2n) is 6.96. The first kappa shape index (κ1) is 19.4. The molecule has 1 amide bonds. The molecule has 1 aromatic carbocycles. The predicted octanol–water partition coefficient (Wildman–Crippen LogP) is 3.80. The van der Waals surface area contributed by atoms with Gasteiger partial charge in [-0.25, -0.2) is 4.98 Å². The molecule has 3 aromatic rings. The van der Waals surface area contributed by atoms with Crippen molar-refractivity contribution in [2.45, 2.75) is 31.7 Å². The SMILES string of the molecule is O=C(c1ccc2nc(C(F)(F)F)[nH]c2c1)N(Cc1ccccn1)C[C@@H]1CCCO1. The Morgan fingerprint density at radius 1 is 1.28 bits per heavy atom. The van der Waals surface area contributed by atoms with Gasteiger partial charge < -0.3 is 14.6 Å². The lowest BCUT2D eigenvalue weighted by Crippen LogP contribution is -2.37. The van der Waals surface area contributed by atoms with Crippen molar-refractivity contribution in [3.8, 4) is 0 Å². The van der Waals surface area contributed by atoms with Gasteiger partial charge in [-0.3, -0.25) is 9.78 Å². The smallest absolute Gasteiger partial charge is 0.376 e. The van der Waals surface area contributed by atoms with Gasteiger partial charge in [0.15, 0.2) is 0 Å². The van der Waals surface area contributed by atoms with Crippen molar-refractivity contribution in [2.24, 2.45) is 0 Å². The summed E-state index contributed by atoms with van der Waals surface area (Å²) in [5.74, 6) is -1.38. The summed E-state index contributed by atoms with van der Waals surface area (Å²) in [6, 6.07) is 9.77. The van der Waals surface area contributed by atoms with Crippen molar-refractivity contribution in [1.82, 2.24) is 19.9 Å². The number of aromatic nitrogens is 3. The largest absolute Gasteiger partial charge is 0.449 e. The van der Waals surface area contributed by atoms with Gasteiger partial charge in [0, 0.05) is 24.9 Å². The van der Waals surface area contributed by atoms with Crippen LogP contribution in [0.5, 0.6) is 0 Å². The number of alkyl halides is 3. The minimum atomic E-state index is -4.58. The first-order valence-electron chi connectivity index (χ1n) is 9.28. The van der Waals surface area contributed by atoms with E-state index in [0.717, 1.165) is 18.5 Å². The fraction of sp³-hybridized carbons (Fsp3) is 0.350. The van der Waals surface area contributed by atoms with Crippen LogP contribution in [-0.4, -0.2) is 45.0 Å². The van der Waals surface area contributed by atoms with Gasteiger partial charge >= 0.3 is 6.18 Å². The van der Waals surface area contributed by atoms with E-state index >= 15 is 0 Å². The second-order valence-corrected chi connectivity index (χ2v) is 6.96. The third kappa shape index (κ3) is 4.40. The molecule has 2 aromatic heterocycles. The minimum Gasteiger partial charge on any atom is -0.376 e. The van der Waals surface area contributed by atoms with Crippen LogP contribution in [0.15, 0.2) is 42.6 Å². The lowest BCUT2D eigenvalue weighted by Gasteiger charge is -2.25. The van der Waals surface area contributed by atoms with Crippen molar-refractivity contribution in [2.75, 3.05) is 13.2 Å². The Morgan fingerprint density at radius 3 is 2.83 bits per heavy atom. The Hall–Kier alpha value is -2.94. The van der Waals surface area contributed by atoms with E-state index in [4.69, 9.17) is 4.74 Å². The molecular formula is C20H19F3N4O2. The number of nitrogens with one attached hydrogen (secondary N) is 1. The van der Waals surface area contributed by atoms with Gasteiger partial charge in [0.05, 0.1) is 29.4 Å². The number of hydrogen-bond acceptors (Lipinski definition) is 4. The van der Waals surface area contributed by atoms with Crippen molar-refractivity contribution in [3.05, 3.63) is 59.7 Å². The number of benzene rings is 1. The highest BCUT2D eigenvalue weighted by Crippen LogP contribution is 2.29. The van der Waals surface area contributed by atoms with E-state index < -0.39 is 12.0 Å². The first-order chi connectivity index (χ1) is 13.9. The minimum absolute atomic E-state index is 0.0598. The number of amides is 1. The molecule has 0 aliphatic carbocycles. The molecule has 1 aliphatic rings. The maximum Gasteiger partial charge on any atom is 0.449 e. The van der Waals surface area contributed by atoms with Crippen LogP contribution in [0.25, 0.3) is 11.0 Å². The van der Waals surface area contributed by atoms with Gasteiger partial charge in [0.1, 0.15) is 0 Å². The van der Waals surface area contributed by atoms with Gasteiger partial charge in [-0.2, -0.15) is 13.2 Å². The molecule has 0 saturated carbocycles. The normalized spacial score (nSPS) is 17.0. The Kier molecular flexibility index (Phi) is 5.23. The van der Waals surface area contributed by atoms with Gasteiger partial charge in [-0.05, 0) is 43.2 Å². The summed E-state index contributed by atoms with van der Waals surface area (Å²) >= 11 is 0. The Labute approximate surface area is 164 Å². The number of imidazole rings is 1.